The van der Waals surface area contributed by atoms with Crippen molar-refractivity contribution in [3.63, 3.8) is 0 Å². The van der Waals surface area contributed by atoms with Crippen LogP contribution < -0.4 is 0 Å². The third-order valence-electron chi connectivity index (χ3n) is 3.54. The molecule has 0 bridgehead atoms. The number of carbonyl (C=O) groups excluding carboxylic acids is 1. The van der Waals surface area contributed by atoms with Crippen molar-refractivity contribution in [1.29, 1.82) is 0 Å². The van der Waals surface area contributed by atoms with Gasteiger partial charge < -0.3 is 19.2 Å². The first kappa shape index (κ1) is 13.6. The van der Waals surface area contributed by atoms with E-state index in [9.17, 15) is 9.59 Å². The number of nitrogens with zero attached hydrogens (tertiary/aromatic N) is 1. The zero-order valence-electron chi connectivity index (χ0n) is 11.3. The Labute approximate surface area is 120 Å². The van der Waals surface area contributed by atoms with Crippen molar-refractivity contribution in [3.05, 3.63) is 36.1 Å². The molecule has 1 fully saturated rings. The van der Waals surface area contributed by atoms with Crippen molar-refractivity contribution in [2.75, 3.05) is 19.7 Å². The summed E-state index contributed by atoms with van der Waals surface area (Å²) >= 11 is 0. The average molecular weight is 289 g/mol. The summed E-state index contributed by atoms with van der Waals surface area (Å²) in [5.41, 5.74) is 1.16. The predicted octanol–water partition coefficient (Wildman–Crippen LogP) is 1.75. The number of carboxylic acids is 1. The molecular weight excluding hydrogens is 274 g/mol. The van der Waals surface area contributed by atoms with Gasteiger partial charge in [0.15, 0.2) is 0 Å². The number of para-hydroxylation sites is 1. The van der Waals surface area contributed by atoms with E-state index < -0.39 is 12.1 Å². The number of carbonyl (C=O) groups is 2. The second-order valence-electron chi connectivity index (χ2n) is 4.99. The van der Waals surface area contributed by atoms with E-state index in [1.165, 1.54) is 6.26 Å². The maximum Gasteiger partial charge on any atom is 0.306 e. The zero-order chi connectivity index (χ0) is 14.8. The van der Waals surface area contributed by atoms with E-state index >= 15 is 0 Å². The van der Waals surface area contributed by atoms with Gasteiger partial charge in [0, 0.05) is 18.5 Å². The topological polar surface area (TPSA) is 80.0 Å². The largest absolute Gasteiger partial charge is 0.481 e. The van der Waals surface area contributed by atoms with E-state index in [1.54, 1.807) is 11.0 Å². The first-order chi connectivity index (χ1) is 10.1. The Hall–Kier alpha value is -2.34. The smallest absolute Gasteiger partial charge is 0.306 e. The van der Waals surface area contributed by atoms with Gasteiger partial charge in [-0.15, -0.1) is 0 Å². The monoisotopic (exact) mass is 289 g/mol. The summed E-state index contributed by atoms with van der Waals surface area (Å²) in [5, 5.41) is 9.58. The van der Waals surface area contributed by atoms with Crippen LogP contribution in [0, 0.1) is 0 Å². The maximum atomic E-state index is 12.6. The van der Waals surface area contributed by atoms with E-state index in [2.05, 4.69) is 0 Å². The Kier molecular flexibility index (Phi) is 3.62. The summed E-state index contributed by atoms with van der Waals surface area (Å²) in [5.74, 6) is -1.08. The number of fused-ring (bicyclic) bond motifs is 1. The number of carboxylic acid groups (broad SMARTS) is 1. The Bertz CT molecular complexity index is 678. The predicted molar refractivity (Wildman–Crippen MR) is 74.1 cm³/mol. The van der Waals surface area contributed by atoms with Crippen molar-refractivity contribution in [2.45, 2.75) is 12.5 Å². The highest BCUT2D eigenvalue weighted by molar-refractivity contribution is 6.05. The molecule has 1 atom stereocenters. The second kappa shape index (κ2) is 5.57. The standard InChI is InChI=1S/C15H15NO5/c17-14(18)7-10-8-16(5-6-20-10)15(19)12-9-21-13-4-2-1-3-11(12)13/h1-4,9-10H,5-8H2,(H,17,18)/t10-/m1/s1. The van der Waals surface area contributed by atoms with Crippen molar-refractivity contribution in [3.8, 4) is 0 Å². The molecule has 0 spiro atoms. The lowest BCUT2D eigenvalue weighted by Gasteiger charge is -2.32. The highest BCUT2D eigenvalue weighted by Gasteiger charge is 2.28. The molecule has 1 aromatic carbocycles. The summed E-state index contributed by atoms with van der Waals surface area (Å²) in [6, 6.07) is 7.33. The van der Waals surface area contributed by atoms with Gasteiger partial charge in [-0.3, -0.25) is 9.59 Å². The molecule has 1 saturated heterocycles. The van der Waals surface area contributed by atoms with Crippen molar-refractivity contribution >= 4 is 22.8 Å². The molecule has 0 aliphatic carbocycles. The fourth-order valence-corrected chi connectivity index (χ4v) is 2.54. The summed E-state index contributed by atoms with van der Waals surface area (Å²) in [4.78, 5) is 24.9. The molecule has 0 radical (unpaired) electrons. The Morgan fingerprint density at radius 2 is 2.14 bits per heavy atom. The van der Waals surface area contributed by atoms with Crippen LogP contribution in [-0.2, 0) is 9.53 Å². The molecular formula is C15H15NO5. The highest BCUT2D eigenvalue weighted by atomic mass is 16.5. The van der Waals surface area contributed by atoms with Crippen LogP contribution in [0.2, 0.25) is 0 Å². The minimum absolute atomic E-state index is 0.101. The van der Waals surface area contributed by atoms with Crippen LogP contribution >= 0.6 is 0 Å². The number of aliphatic carboxylic acids is 1. The summed E-state index contributed by atoms with van der Waals surface area (Å²) in [6.45, 7) is 1.08. The third-order valence-corrected chi connectivity index (χ3v) is 3.54. The van der Waals surface area contributed by atoms with Gasteiger partial charge in [-0.25, -0.2) is 0 Å². The van der Waals surface area contributed by atoms with E-state index in [0.717, 1.165) is 5.39 Å². The Balaban J connectivity index is 1.80. The molecule has 0 unspecified atom stereocenters. The van der Waals surface area contributed by atoms with Crippen LogP contribution in [0.4, 0.5) is 0 Å². The molecule has 1 aliphatic rings. The van der Waals surface area contributed by atoms with Gasteiger partial charge in [0.25, 0.3) is 5.91 Å². The minimum Gasteiger partial charge on any atom is -0.481 e. The lowest BCUT2D eigenvalue weighted by atomic mass is 10.1. The summed E-state index contributed by atoms with van der Waals surface area (Å²) < 4.78 is 10.8. The number of hydrogen-bond acceptors (Lipinski definition) is 4. The third kappa shape index (κ3) is 2.75. The molecule has 2 aromatic rings. The minimum atomic E-state index is -0.928. The SMILES string of the molecule is O=C(O)C[C@@H]1CN(C(=O)c2coc3ccccc23)CCO1. The molecule has 6 heteroatoms. The second-order valence-corrected chi connectivity index (χ2v) is 4.99. The van der Waals surface area contributed by atoms with Crippen molar-refractivity contribution in [2.24, 2.45) is 0 Å². The molecule has 2 heterocycles. The van der Waals surface area contributed by atoms with E-state index in [0.29, 0.717) is 24.3 Å². The van der Waals surface area contributed by atoms with Crippen molar-refractivity contribution in [1.82, 2.24) is 4.90 Å². The van der Waals surface area contributed by atoms with Gasteiger partial charge in [-0.2, -0.15) is 0 Å². The van der Waals surface area contributed by atoms with Crippen LogP contribution in [0.15, 0.2) is 34.9 Å². The summed E-state index contributed by atoms with van der Waals surface area (Å²) in [7, 11) is 0. The first-order valence-corrected chi connectivity index (χ1v) is 6.74. The Morgan fingerprint density at radius 1 is 1.33 bits per heavy atom. The highest BCUT2D eigenvalue weighted by Crippen LogP contribution is 2.23. The van der Waals surface area contributed by atoms with Gasteiger partial charge >= 0.3 is 5.97 Å². The number of benzene rings is 1. The lowest BCUT2D eigenvalue weighted by Crippen LogP contribution is -2.46. The molecule has 3 rings (SSSR count). The molecule has 1 amide bonds. The Morgan fingerprint density at radius 3 is 2.95 bits per heavy atom. The van der Waals surface area contributed by atoms with Gasteiger partial charge in [0.05, 0.1) is 24.7 Å². The molecule has 0 saturated carbocycles. The number of amides is 1. The number of ether oxygens (including phenoxy) is 1. The number of rotatable bonds is 3. The van der Waals surface area contributed by atoms with Crippen LogP contribution in [0.1, 0.15) is 16.8 Å². The van der Waals surface area contributed by atoms with Gasteiger partial charge in [-0.05, 0) is 6.07 Å². The molecule has 6 nitrogen and oxygen atoms in total. The first-order valence-electron chi connectivity index (χ1n) is 6.74. The molecule has 1 aromatic heterocycles. The number of morpholine rings is 1. The number of furan rings is 1. The molecule has 1 N–H and O–H groups in total. The van der Waals surface area contributed by atoms with Crippen LogP contribution in [0.3, 0.4) is 0 Å². The molecule has 1 aliphatic heterocycles. The van der Waals surface area contributed by atoms with Crippen LogP contribution in [0.25, 0.3) is 11.0 Å². The average Bonchev–Trinajstić information content (AvgIpc) is 2.90. The van der Waals surface area contributed by atoms with E-state index in [-0.39, 0.29) is 18.9 Å². The van der Waals surface area contributed by atoms with E-state index in [4.69, 9.17) is 14.3 Å². The van der Waals surface area contributed by atoms with Gasteiger partial charge in [0.2, 0.25) is 0 Å². The van der Waals surface area contributed by atoms with Crippen molar-refractivity contribution < 1.29 is 23.8 Å². The summed E-state index contributed by atoms with van der Waals surface area (Å²) in [6.07, 6.45) is 0.892. The van der Waals surface area contributed by atoms with Gasteiger partial charge in [-0.1, -0.05) is 18.2 Å². The lowest BCUT2D eigenvalue weighted by molar-refractivity contribution is -0.141. The fraction of sp³-hybridized carbons (Fsp3) is 0.333. The fourth-order valence-electron chi connectivity index (χ4n) is 2.54. The van der Waals surface area contributed by atoms with Gasteiger partial charge in [0.1, 0.15) is 11.8 Å². The van der Waals surface area contributed by atoms with Crippen LogP contribution in [0.5, 0.6) is 0 Å². The quantitative estimate of drug-likeness (QED) is 0.931. The number of hydrogen-bond donors (Lipinski definition) is 1. The maximum absolute atomic E-state index is 12.6. The molecule has 21 heavy (non-hydrogen) atoms. The zero-order valence-corrected chi connectivity index (χ0v) is 11.3. The molecule has 110 valence electrons. The van der Waals surface area contributed by atoms with Crippen LogP contribution in [-0.4, -0.2) is 47.7 Å². The normalized spacial score (nSPS) is 18.9. The van der Waals surface area contributed by atoms with E-state index in [1.807, 2.05) is 18.2 Å².